The number of likely N-dealkylation sites (tertiary alicyclic amines) is 1. The molecule has 0 bridgehead atoms. The molecular formula is C20H32N4O2. The maximum atomic E-state index is 12.3. The van der Waals surface area contributed by atoms with Crippen molar-refractivity contribution >= 4 is 5.91 Å². The highest BCUT2D eigenvalue weighted by molar-refractivity contribution is 5.76. The molecule has 2 saturated heterocycles. The van der Waals surface area contributed by atoms with Crippen molar-refractivity contribution in [2.24, 2.45) is 0 Å². The van der Waals surface area contributed by atoms with Gasteiger partial charge in [-0.25, -0.2) is 0 Å². The van der Waals surface area contributed by atoms with Gasteiger partial charge < -0.3 is 9.64 Å². The summed E-state index contributed by atoms with van der Waals surface area (Å²) in [6.07, 6.45) is 8.91. The van der Waals surface area contributed by atoms with E-state index in [1.807, 2.05) is 4.90 Å². The van der Waals surface area contributed by atoms with Crippen molar-refractivity contribution in [2.45, 2.75) is 70.6 Å². The van der Waals surface area contributed by atoms with Gasteiger partial charge in [0.2, 0.25) is 5.91 Å². The van der Waals surface area contributed by atoms with E-state index in [1.54, 1.807) is 0 Å². The molecule has 6 nitrogen and oxygen atoms in total. The predicted octanol–water partition coefficient (Wildman–Crippen LogP) is 2.21. The largest absolute Gasteiger partial charge is 0.377 e. The highest BCUT2D eigenvalue weighted by atomic mass is 16.5. The van der Waals surface area contributed by atoms with E-state index in [0.29, 0.717) is 18.4 Å². The average molecular weight is 361 g/mol. The van der Waals surface area contributed by atoms with Crippen LogP contribution in [0.5, 0.6) is 0 Å². The van der Waals surface area contributed by atoms with Crippen LogP contribution in [0.15, 0.2) is 6.07 Å². The summed E-state index contributed by atoms with van der Waals surface area (Å²) in [6.45, 7) is 6.89. The monoisotopic (exact) mass is 360 g/mol. The second-order valence-electron chi connectivity index (χ2n) is 8.02. The summed E-state index contributed by atoms with van der Waals surface area (Å²) in [7, 11) is 0. The smallest absolute Gasteiger partial charge is 0.222 e. The molecule has 1 aromatic rings. The van der Waals surface area contributed by atoms with E-state index >= 15 is 0 Å². The fourth-order valence-electron chi connectivity index (χ4n) is 4.47. The second-order valence-corrected chi connectivity index (χ2v) is 8.02. The quantitative estimate of drug-likeness (QED) is 0.808. The minimum atomic E-state index is 0.293. The zero-order valence-electron chi connectivity index (χ0n) is 15.9. The Morgan fingerprint density at radius 1 is 1.12 bits per heavy atom. The van der Waals surface area contributed by atoms with Gasteiger partial charge in [-0.3, -0.25) is 14.4 Å². The van der Waals surface area contributed by atoms with Crippen molar-refractivity contribution < 1.29 is 9.53 Å². The van der Waals surface area contributed by atoms with Gasteiger partial charge >= 0.3 is 0 Å². The zero-order valence-corrected chi connectivity index (χ0v) is 15.9. The van der Waals surface area contributed by atoms with Gasteiger partial charge in [-0.15, -0.1) is 0 Å². The molecule has 144 valence electrons. The van der Waals surface area contributed by atoms with Gasteiger partial charge in [0.25, 0.3) is 0 Å². The van der Waals surface area contributed by atoms with Gasteiger partial charge in [0.15, 0.2) is 0 Å². The second kappa shape index (κ2) is 8.53. The number of fused-ring (bicyclic) bond motifs is 1. The summed E-state index contributed by atoms with van der Waals surface area (Å²) in [4.78, 5) is 16.8. The molecule has 0 saturated carbocycles. The summed E-state index contributed by atoms with van der Waals surface area (Å²) >= 11 is 0. The molecule has 0 spiro atoms. The first-order chi connectivity index (χ1) is 12.8. The predicted molar refractivity (Wildman–Crippen MR) is 99.8 cm³/mol. The van der Waals surface area contributed by atoms with Crippen LogP contribution in [0.1, 0.15) is 56.3 Å². The summed E-state index contributed by atoms with van der Waals surface area (Å²) in [5.74, 6) is 0.293. The van der Waals surface area contributed by atoms with E-state index in [1.165, 1.54) is 25.0 Å². The Kier molecular flexibility index (Phi) is 5.90. The third-order valence-electron chi connectivity index (χ3n) is 5.93. The van der Waals surface area contributed by atoms with Crippen LogP contribution < -0.4 is 0 Å². The van der Waals surface area contributed by atoms with E-state index in [9.17, 15) is 4.79 Å². The SMILES string of the molecule is O=C(CCc1cc2n(n1)CCCN(CC1CCCCO1)C2)N1CCCC1. The normalized spacial score (nSPS) is 24.5. The number of carbonyl (C=O) groups excluding carboxylic acids is 1. The standard InChI is InChI=1S/C20H32N4O2/c25-20(23-10-2-3-11-23)8-7-17-14-18-15-22(9-5-12-24(18)21-17)16-19-6-1-4-13-26-19/h14,19H,1-13,15-16H2. The number of aryl methyl sites for hydroxylation is 2. The van der Waals surface area contributed by atoms with E-state index in [2.05, 4.69) is 15.6 Å². The lowest BCUT2D eigenvalue weighted by Crippen LogP contribution is -2.35. The number of carbonyl (C=O) groups is 1. The Hall–Kier alpha value is -1.40. The molecule has 1 atom stereocenters. The molecule has 0 radical (unpaired) electrons. The third-order valence-corrected chi connectivity index (χ3v) is 5.93. The lowest BCUT2D eigenvalue weighted by molar-refractivity contribution is -0.130. The van der Waals surface area contributed by atoms with Gasteiger partial charge in [-0.05, 0) is 44.6 Å². The Balaban J connectivity index is 1.32. The number of nitrogens with zero attached hydrogens (tertiary/aromatic N) is 4. The summed E-state index contributed by atoms with van der Waals surface area (Å²) in [6, 6.07) is 2.22. The minimum absolute atomic E-state index is 0.293. The van der Waals surface area contributed by atoms with Gasteiger partial charge in [-0.2, -0.15) is 5.10 Å². The fraction of sp³-hybridized carbons (Fsp3) is 0.800. The molecule has 3 aliphatic rings. The zero-order chi connectivity index (χ0) is 17.8. The van der Waals surface area contributed by atoms with Crippen LogP contribution in [0.4, 0.5) is 0 Å². The van der Waals surface area contributed by atoms with Gasteiger partial charge in [0.05, 0.1) is 17.5 Å². The maximum absolute atomic E-state index is 12.3. The van der Waals surface area contributed by atoms with Crippen molar-refractivity contribution in [1.29, 1.82) is 0 Å². The van der Waals surface area contributed by atoms with E-state index in [-0.39, 0.29) is 0 Å². The van der Waals surface area contributed by atoms with E-state index in [4.69, 9.17) is 9.84 Å². The molecule has 1 amide bonds. The molecule has 2 fully saturated rings. The number of hydrogen-bond donors (Lipinski definition) is 0. The van der Waals surface area contributed by atoms with Crippen LogP contribution in [0, 0.1) is 0 Å². The van der Waals surface area contributed by atoms with Crippen LogP contribution >= 0.6 is 0 Å². The van der Waals surface area contributed by atoms with Crippen LogP contribution in [0.25, 0.3) is 0 Å². The van der Waals surface area contributed by atoms with Crippen molar-refractivity contribution in [3.05, 3.63) is 17.5 Å². The molecule has 0 aromatic carbocycles. The summed E-state index contributed by atoms with van der Waals surface area (Å²) in [5.41, 5.74) is 2.37. The molecule has 4 heterocycles. The molecule has 0 aliphatic carbocycles. The Labute approximate surface area is 156 Å². The summed E-state index contributed by atoms with van der Waals surface area (Å²) in [5, 5.41) is 4.78. The van der Waals surface area contributed by atoms with E-state index < -0.39 is 0 Å². The number of aromatic nitrogens is 2. The molecule has 4 rings (SSSR count). The average Bonchev–Trinajstić information content (AvgIpc) is 3.28. The Morgan fingerprint density at radius 2 is 2.00 bits per heavy atom. The van der Waals surface area contributed by atoms with Crippen molar-refractivity contribution in [3.8, 4) is 0 Å². The molecule has 26 heavy (non-hydrogen) atoms. The topological polar surface area (TPSA) is 50.6 Å². The minimum Gasteiger partial charge on any atom is -0.377 e. The highest BCUT2D eigenvalue weighted by Crippen LogP contribution is 2.19. The number of rotatable bonds is 5. The lowest BCUT2D eigenvalue weighted by atomic mass is 10.1. The van der Waals surface area contributed by atoms with Gasteiger partial charge in [-0.1, -0.05) is 0 Å². The molecule has 1 aromatic heterocycles. The van der Waals surface area contributed by atoms with Crippen molar-refractivity contribution in [1.82, 2.24) is 19.6 Å². The highest BCUT2D eigenvalue weighted by Gasteiger charge is 2.22. The molecular weight excluding hydrogens is 328 g/mol. The van der Waals surface area contributed by atoms with Crippen LogP contribution in [0.2, 0.25) is 0 Å². The molecule has 3 aliphatic heterocycles. The first kappa shape index (κ1) is 18.0. The van der Waals surface area contributed by atoms with Crippen molar-refractivity contribution in [3.63, 3.8) is 0 Å². The van der Waals surface area contributed by atoms with Crippen LogP contribution in [-0.2, 0) is 29.0 Å². The fourth-order valence-corrected chi connectivity index (χ4v) is 4.47. The number of ether oxygens (including phenoxy) is 1. The summed E-state index contributed by atoms with van der Waals surface area (Å²) < 4.78 is 8.09. The maximum Gasteiger partial charge on any atom is 0.222 e. The van der Waals surface area contributed by atoms with Crippen molar-refractivity contribution in [2.75, 3.05) is 32.8 Å². The Morgan fingerprint density at radius 3 is 2.81 bits per heavy atom. The van der Waals surface area contributed by atoms with Gasteiger partial charge in [0, 0.05) is 58.7 Å². The molecule has 0 N–H and O–H groups in total. The third kappa shape index (κ3) is 4.46. The van der Waals surface area contributed by atoms with Crippen LogP contribution in [0.3, 0.4) is 0 Å². The molecule has 1 unspecified atom stereocenters. The first-order valence-electron chi connectivity index (χ1n) is 10.5. The number of amides is 1. The van der Waals surface area contributed by atoms with E-state index in [0.717, 1.165) is 77.3 Å². The lowest BCUT2D eigenvalue weighted by Gasteiger charge is -2.28. The van der Waals surface area contributed by atoms with Gasteiger partial charge in [0.1, 0.15) is 0 Å². The molecule has 6 heteroatoms. The first-order valence-corrected chi connectivity index (χ1v) is 10.5. The number of hydrogen-bond acceptors (Lipinski definition) is 4. The Bertz CT molecular complexity index is 603. The van der Waals surface area contributed by atoms with Crippen LogP contribution in [-0.4, -0.2) is 64.4 Å².